The standard InChI is InChI=1S/C17H17N5O3/c1-17(2,18)9-24-15-4-3-14-20-8-11(22(14)21-15)13-7-10-12(25-13)5-6-19-16(10)23/h3-8H,9,18H2,1-2H3,(H,19,23). The Morgan fingerprint density at radius 3 is 2.96 bits per heavy atom. The molecular weight excluding hydrogens is 322 g/mol. The number of nitrogens with zero attached hydrogens (tertiary/aromatic N) is 3. The molecule has 0 aliphatic rings. The highest BCUT2D eigenvalue weighted by atomic mass is 16.5. The van der Waals surface area contributed by atoms with Crippen molar-refractivity contribution in [3.8, 4) is 17.3 Å². The number of pyridine rings is 1. The molecule has 3 N–H and O–H groups in total. The maximum absolute atomic E-state index is 11.9. The van der Waals surface area contributed by atoms with Crippen LogP contribution in [0.3, 0.4) is 0 Å². The summed E-state index contributed by atoms with van der Waals surface area (Å²) in [6.45, 7) is 4.08. The van der Waals surface area contributed by atoms with Gasteiger partial charge >= 0.3 is 0 Å². The van der Waals surface area contributed by atoms with Crippen molar-refractivity contribution in [2.24, 2.45) is 5.73 Å². The van der Waals surface area contributed by atoms with Crippen molar-refractivity contribution in [3.63, 3.8) is 0 Å². The van der Waals surface area contributed by atoms with Gasteiger partial charge in [0.05, 0.1) is 11.6 Å². The number of H-pyrrole nitrogens is 1. The van der Waals surface area contributed by atoms with Gasteiger partial charge in [0.15, 0.2) is 11.4 Å². The number of aromatic amines is 1. The van der Waals surface area contributed by atoms with Crippen molar-refractivity contribution in [3.05, 3.63) is 47.0 Å². The Hall–Kier alpha value is -3.13. The lowest BCUT2D eigenvalue weighted by Crippen LogP contribution is -2.38. The summed E-state index contributed by atoms with van der Waals surface area (Å²) in [7, 11) is 0. The molecular formula is C17H17N5O3. The molecule has 0 radical (unpaired) electrons. The third-order valence-electron chi connectivity index (χ3n) is 3.64. The molecule has 4 aromatic rings. The zero-order chi connectivity index (χ0) is 17.6. The maximum Gasteiger partial charge on any atom is 0.259 e. The van der Waals surface area contributed by atoms with Gasteiger partial charge < -0.3 is 19.9 Å². The van der Waals surface area contributed by atoms with E-state index in [1.54, 1.807) is 41.2 Å². The van der Waals surface area contributed by atoms with Gasteiger partial charge in [0.2, 0.25) is 5.88 Å². The number of hydrogen-bond donors (Lipinski definition) is 2. The molecule has 0 aliphatic heterocycles. The molecule has 25 heavy (non-hydrogen) atoms. The second-order valence-corrected chi connectivity index (χ2v) is 6.56. The number of nitrogens with two attached hydrogens (primary N) is 1. The highest BCUT2D eigenvalue weighted by Gasteiger charge is 2.16. The highest BCUT2D eigenvalue weighted by molar-refractivity contribution is 5.81. The fourth-order valence-corrected chi connectivity index (χ4v) is 2.46. The molecule has 0 atom stereocenters. The van der Waals surface area contributed by atoms with Crippen molar-refractivity contribution in [1.29, 1.82) is 0 Å². The van der Waals surface area contributed by atoms with Gasteiger partial charge in [-0.05, 0) is 32.0 Å². The Balaban J connectivity index is 1.78. The predicted octanol–water partition coefficient (Wildman–Crippen LogP) is 1.95. The van der Waals surface area contributed by atoms with Gasteiger partial charge in [-0.1, -0.05) is 0 Å². The minimum absolute atomic E-state index is 0.205. The summed E-state index contributed by atoms with van der Waals surface area (Å²) >= 11 is 0. The molecule has 4 aromatic heterocycles. The number of imidazole rings is 1. The number of nitrogens with one attached hydrogen (secondary N) is 1. The van der Waals surface area contributed by atoms with Gasteiger partial charge in [-0.2, -0.15) is 0 Å². The molecule has 0 aromatic carbocycles. The molecule has 0 spiro atoms. The smallest absolute Gasteiger partial charge is 0.259 e. The summed E-state index contributed by atoms with van der Waals surface area (Å²) in [5.74, 6) is 0.933. The predicted molar refractivity (Wildman–Crippen MR) is 92.6 cm³/mol. The van der Waals surface area contributed by atoms with Crippen molar-refractivity contribution in [2.45, 2.75) is 19.4 Å². The first-order valence-electron chi connectivity index (χ1n) is 7.79. The lowest BCUT2D eigenvalue weighted by atomic mass is 10.1. The first-order valence-corrected chi connectivity index (χ1v) is 7.79. The molecule has 0 saturated heterocycles. The van der Waals surface area contributed by atoms with E-state index in [2.05, 4.69) is 15.1 Å². The number of furan rings is 1. The molecule has 8 heteroatoms. The SMILES string of the molecule is CC(C)(N)COc1ccc2ncc(-c3cc4c(=O)[nH]ccc4o3)n2n1. The summed E-state index contributed by atoms with van der Waals surface area (Å²) < 4.78 is 13.0. The Kier molecular flexibility index (Phi) is 3.36. The summed E-state index contributed by atoms with van der Waals surface area (Å²) in [5.41, 5.74) is 7.04. The van der Waals surface area contributed by atoms with E-state index in [4.69, 9.17) is 14.9 Å². The molecule has 0 bridgehead atoms. The quantitative estimate of drug-likeness (QED) is 0.588. The van der Waals surface area contributed by atoms with Gasteiger partial charge in [0, 0.05) is 17.8 Å². The molecule has 4 heterocycles. The number of ether oxygens (including phenoxy) is 1. The number of rotatable bonds is 4. The van der Waals surface area contributed by atoms with Crippen LogP contribution < -0.4 is 16.0 Å². The zero-order valence-corrected chi connectivity index (χ0v) is 13.8. The van der Waals surface area contributed by atoms with Crippen LogP contribution in [0.5, 0.6) is 5.88 Å². The summed E-state index contributed by atoms with van der Waals surface area (Å²) in [6.07, 6.45) is 3.19. The minimum Gasteiger partial charge on any atom is -0.475 e. The number of hydrogen-bond acceptors (Lipinski definition) is 6. The Bertz CT molecular complexity index is 1120. The van der Waals surface area contributed by atoms with E-state index in [-0.39, 0.29) is 5.56 Å². The van der Waals surface area contributed by atoms with E-state index in [1.165, 1.54) is 0 Å². The van der Waals surface area contributed by atoms with Crippen molar-refractivity contribution < 1.29 is 9.15 Å². The van der Waals surface area contributed by atoms with Crippen LogP contribution in [0.25, 0.3) is 28.1 Å². The third-order valence-corrected chi connectivity index (χ3v) is 3.64. The third kappa shape index (κ3) is 2.87. The first-order chi connectivity index (χ1) is 11.9. The molecule has 0 saturated carbocycles. The van der Waals surface area contributed by atoms with Gasteiger partial charge in [-0.3, -0.25) is 4.79 Å². The largest absolute Gasteiger partial charge is 0.475 e. The first kappa shape index (κ1) is 15.4. The monoisotopic (exact) mass is 339 g/mol. The van der Waals surface area contributed by atoms with Crippen LogP contribution in [-0.4, -0.2) is 31.7 Å². The lowest BCUT2D eigenvalue weighted by Gasteiger charge is -2.18. The molecule has 0 amide bonds. The normalized spacial score (nSPS) is 12.1. The lowest BCUT2D eigenvalue weighted by molar-refractivity contribution is 0.232. The van der Waals surface area contributed by atoms with Crippen molar-refractivity contribution in [1.82, 2.24) is 19.6 Å². The van der Waals surface area contributed by atoms with Crippen molar-refractivity contribution in [2.75, 3.05) is 6.61 Å². The molecule has 4 rings (SSSR count). The van der Waals surface area contributed by atoms with Crippen LogP contribution >= 0.6 is 0 Å². The summed E-state index contributed by atoms with van der Waals surface area (Å²) in [4.78, 5) is 18.8. The second-order valence-electron chi connectivity index (χ2n) is 6.56. The molecule has 8 nitrogen and oxygen atoms in total. The van der Waals surface area contributed by atoms with E-state index >= 15 is 0 Å². The highest BCUT2D eigenvalue weighted by Crippen LogP contribution is 2.26. The molecule has 0 fully saturated rings. The number of fused-ring (bicyclic) bond motifs is 2. The van der Waals surface area contributed by atoms with Crippen LogP contribution in [0.2, 0.25) is 0 Å². The summed E-state index contributed by atoms with van der Waals surface area (Å²) in [5, 5.41) is 4.91. The van der Waals surface area contributed by atoms with Crippen LogP contribution in [0, 0.1) is 0 Å². The van der Waals surface area contributed by atoms with E-state index in [1.807, 2.05) is 13.8 Å². The maximum atomic E-state index is 11.9. The van der Waals surface area contributed by atoms with Gasteiger partial charge in [-0.15, -0.1) is 5.10 Å². The fourth-order valence-electron chi connectivity index (χ4n) is 2.46. The minimum atomic E-state index is -0.464. The molecule has 0 aliphatic carbocycles. The topological polar surface area (TPSA) is 111 Å². The van der Waals surface area contributed by atoms with Gasteiger partial charge in [0.1, 0.15) is 17.9 Å². The fraction of sp³-hybridized carbons (Fsp3) is 0.235. The van der Waals surface area contributed by atoms with Crippen LogP contribution in [-0.2, 0) is 0 Å². The van der Waals surface area contributed by atoms with Crippen molar-refractivity contribution >= 4 is 16.6 Å². The average Bonchev–Trinajstić information content (AvgIpc) is 3.16. The van der Waals surface area contributed by atoms with Gasteiger partial charge in [-0.25, -0.2) is 9.50 Å². The van der Waals surface area contributed by atoms with E-state index < -0.39 is 5.54 Å². The number of aromatic nitrogens is 4. The molecule has 0 unspecified atom stereocenters. The van der Waals surface area contributed by atoms with E-state index in [0.717, 1.165) is 0 Å². The summed E-state index contributed by atoms with van der Waals surface area (Å²) in [6, 6.07) is 6.91. The average molecular weight is 339 g/mol. The molecule has 128 valence electrons. The Morgan fingerprint density at radius 2 is 2.20 bits per heavy atom. The van der Waals surface area contributed by atoms with Gasteiger partial charge in [0.25, 0.3) is 5.56 Å². The second kappa shape index (κ2) is 5.45. The van der Waals surface area contributed by atoms with E-state index in [9.17, 15) is 4.79 Å². The Labute approximate surface area is 142 Å². The van der Waals surface area contributed by atoms with Crippen LogP contribution in [0.15, 0.2) is 45.9 Å². The van der Waals surface area contributed by atoms with Crippen LogP contribution in [0.1, 0.15) is 13.8 Å². The zero-order valence-electron chi connectivity index (χ0n) is 13.8. The Morgan fingerprint density at radius 1 is 1.36 bits per heavy atom. The van der Waals surface area contributed by atoms with E-state index in [0.29, 0.717) is 40.6 Å². The van der Waals surface area contributed by atoms with Crippen LogP contribution in [0.4, 0.5) is 0 Å².